The van der Waals surface area contributed by atoms with Gasteiger partial charge in [-0.25, -0.2) is 0 Å². The second-order valence-electron chi connectivity index (χ2n) is 3.75. The molecule has 0 aliphatic heterocycles. The number of ketones is 1. The van der Waals surface area contributed by atoms with Gasteiger partial charge < -0.3 is 0 Å². The van der Waals surface area contributed by atoms with Crippen LogP contribution in [0.4, 0.5) is 0 Å². The van der Waals surface area contributed by atoms with Gasteiger partial charge in [0, 0.05) is 12.5 Å². The van der Waals surface area contributed by atoms with Crippen molar-refractivity contribution >= 4 is 5.78 Å². The second-order valence-corrected chi connectivity index (χ2v) is 3.75. The number of hydrogen-bond acceptors (Lipinski definition) is 1. The van der Waals surface area contributed by atoms with Crippen molar-refractivity contribution in [2.24, 2.45) is 0 Å². The Morgan fingerprint density at radius 1 is 0.882 bits per heavy atom. The first-order valence-corrected chi connectivity index (χ1v) is 5.44. The molecule has 0 saturated heterocycles. The SMILES string of the molecule is CC(=O)C#Cc1ccc(-c2ccccc2)cc1. The highest BCUT2D eigenvalue weighted by molar-refractivity contribution is 5.93. The molecule has 0 saturated carbocycles. The number of benzene rings is 2. The average molecular weight is 220 g/mol. The monoisotopic (exact) mass is 220 g/mol. The van der Waals surface area contributed by atoms with Crippen LogP contribution < -0.4 is 0 Å². The molecule has 0 aliphatic carbocycles. The zero-order valence-electron chi connectivity index (χ0n) is 9.60. The Morgan fingerprint density at radius 3 is 2.06 bits per heavy atom. The molecule has 1 nitrogen and oxygen atoms in total. The van der Waals surface area contributed by atoms with Gasteiger partial charge in [0.2, 0.25) is 5.78 Å². The number of rotatable bonds is 1. The van der Waals surface area contributed by atoms with Gasteiger partial charge in [0.25, 0.3) is 0 Å². The van der Waals surface area contributed by atoms with Crippen LogP contribution in [0.15, 0.2) is 54.6 Å². The summed E-state index contributed by atoms with van der Waals surface area (Å²) in [7, 11) is 0. The Labute approximate surface area is 101 Å². The van der Waals surface area contributed by atoms with E-state index < -0.39 is 0 Å². The molecule has 0 aromatic heterocycles. The van der Waals surface area contributed by atoms with Crippen LogP contribution in [0.25, 0.3) is 11.1 Å². The molecule has 0 atom stereocenters. The lowest BCUT2D eigenvalue weighted by atomic mass is 10.0. The van der Waals surface area contributed by atoms with Gasteiger partial charge in [-0.1, -0.05) is 48.4 Å². The smallest absolute Gasteiger partial charge is 0.202 e. The summed E-state index contributed by atoms with van der Waals surface area (Å²) < 4.78 is 0. The van der Waals surface area contributed by atoms with Gasteiger partial charge in [0.1, 0.15) is 0 Å². The molecule has 0 radical (unpaired) electrons. The lowest BCUT2D eigenvalue weighted by Crippen LogP contribution is -1.82. The zero-order valence-corrected chi connectivity index (χ0v) is 9.60. The first-order valence-electron chi connectivity index (χ1n) is 5.44. The summed E-state index contributed by atoms with van der Waals surface area (Å²) in [5.41, 5.74) is 3.19. The van der Waals surface area contributed by atoms with Crippen molar-refractivity contribution in [3.8, 4) is 23.0 Å². The van der Waals surface area contributed by atoms with Crippen molar-refractivity contribution in [2.75, 3.05) is 0 Å². The molecule has 82 valence electrons. The van der Waals surface area contributed by atoms with Gasteiger partial charge in [0.15, 0.2) is 0 Å². The van der Waals surface area contributed by atoms with Crippen molar-refractivity contribution in [3.05, 3.63) is 60.2 Å². The minimum absolute atomic E-state index is 0.114. The van der Waals surface area contributed by atoms with E-state index in [2.05, 4.69) is 24.0 Å². The lowest BCUT2D eigenvalue weighted by molar-refractivity contribution is -0.111. The quantitative estimate of drug-likeness (QED) is 0.674. The van der Waals surface area contributed by atoms with Crippen molar-refractivity contribution in [3.63, 3.8) is 0 Å². The second kappa shape index (κ2) is 5.14. The fourth-order valence-corrected chi connectivity index (χ4v) is 1.54. The van der Waals surface area contributed by atoms with Crippen LogP contribution in [0.2, 0.25) is 0 Å². The van der Waals surface area contributed by atoms with Gasteiger partial charge in [-0.15, -0.1) is 0 Å². The van der Waals surface area contributed by atoms with Crippen molar-refractivity contribution in [1.82, 2.24) is 0 Å². The summed E-state index contributed by atoms with van der Waals surface area (Å²) in [6.07, 6.45) is 0. The van der Waals surface area contributed by atoms with E-state index in [4.69, 9.17) is 0 Å². The van der Waals surface area contributed by atoms with Crippen LogP contribution in [-0.2, 0) is 4.79 Å². The Balaban J connectivity index is 2.26. The van der Waals surface area contributed by atoms with E-state index in [9.17, 15) is 4.79 Å². The van der Waals surface area contributed by atoms with Gasteiger partial charge in [-0.3, -0.25) is 4.79 Å². The minimum Gasteiger partial charge on any atom is -0.285 e. The molecule has 0 aliphatic rings. The van der Waals surface area contributed by atoms with Crippen molar-refractivity contribution in [2.45, 2.75) is 6.92 Å². The summed E-state index contributed by atoms with van der Waals surface area (Å²) in [4.78, 5) is 10.7. The van der Waals surface area contributed by atoms with Gasteiger partial charge in [-0.05, 0) is 29.2 Å². The van der Waals surface area contributed by atoms with Crippen LogP contribution in [0, 0.1) is 11.8 Å². The standard InChI is InChI=1S/C16H12O/c1-13(17)7-8-14-9-11-16(12-10-14)15-5-3-2-4-6-15/h2-6,9-12H,1H3. The Bertz CT molecular complexity index is 568. The third kappa shape index (κ3) is 3.06. The van der Waals surface area contributed by atoms with E-state index in [1.165, 1.54) is 12.5 Å². The van der Waals surface area contributed by atoms with Crippen LogP contribution in [0.3, 0.4) is 0 Å². The van der Waals surface area contributed by atoms with Crippen LogP contribution in [0.1, 0.15) is 12.5 Å². The molecular formula is C16H12O. The first-order chi connectivity index (χ1) is 8.25. The van der Waals surface area contributed by atoms with E-state index in [1.807, 2.05) is 42.5 Å². The number of Topliss-reactive ketones (excluding diaryl/α,β-unsaturated/α-hetero) is 1. The van der Waals surface area contributed by atoms with Crippen LogP contribution >= 0.6 is 0 Å². The maximum Gasteiger partial charge on any atom is 0.202 e. The Morgan fingerprint density at radius 2 is 1.47 bits per heavy atom. The Kier molecular flexibility index (Phi) is 3.37. The summed E-state index contributed by atoms with van der Waals surface area (Å²) in [5.74, 6) is 5.24. The molecule has 0 N–H and O–H groups in total. The van der Waals surface area contributed by atoms with E-state index in [0.717, 1.165) is 11.1 Å². The molecule has 0 bridgehead atoms. The van der Waals surface area contributed by atoms with E-state index >= 15 is 0 Å². The van der Waals surface area contributed by atoms with Gasteiger partial charge in [0.05, 0.1) is 0 Å². The molecule has 17 heavy (non-hydrogen) atoms. The molecule has 0 unspecified atom stereocenters. The number of hydrogen-bond donors (Lipinski definition) is 0. The minimum atomic E-state index is -0.114. The largest absolute Gasteiger partial charge is 0.285 e. The molecule has 0 heterocycles. The van der Waals surface area contributed by atoms with Crippen LogP contribution in [0.5, 0.6) is 0 Å². The maximum absolute atomic E-state index is 10.7. The van der Waals surface area contributed by atoms with Crippen LogP contribution in [-0.4, -0.2) is 5.78 Å². The van der Waals surface area contributed by atoms with E-state index in [-0.39, 0.29) is 5.78 Å². The zero-order chi connectivity index (χ0) is 12.1. The molecule has 2 rings (SSSR count). The predicted molar refractivity (Wildman–Crippen MR) is 69.4 cm³/mol. The molecule has 0 fully saturated rings. The van der Waals surface area contributed by atoms with Crippen molar-refractivity contribution < 1.29 is 4.79 Å². The molecule has 0 spiro atoms. The summed E-state index contributed by atoms with van der Waals surface area (Å²) in [5, 5.41) is 0. The molecule has 0 amide bonds. The lowest BCUT2D eigenvalue weighted by Gasteiger charge is -2.00. The number of carbonyl (C=O) groups excluding carboxylic acids is 1. The molecule has 1 heteroatoms. The maximum atomic E-state index is 10.7. The highest BCUT2D eigenvalue weighted by atomic mass is 16.1. The highest BCUT2D eigenvalue weighted by Gasteiger charge is 1.95. The first kappa shape index (κ1) is 11.2. The van der Waals surface area contributed by atoms with Crippen molar-refractivity contribution in [1.29, 1.82) is 0 Å². The molecule has 2 aromatic rings. The third-order valence-electron chi connectivity index (χ3n) is 2.37. The fraction of sp³-hybridized carbons (Fsp3) is 0.0625. The topological polar surface area (TPSA) is 17.1 Å². The summed E-state index contributed by atoms with van der Waals surface area (Å²) in [6, 6.07) is 18.0. The summed E-state index contributed by atoms with van der Waals surface area (Å²) in [6.45, 7) is 1.46. The Hall–Kier alpha value is -2.33. The third-order valence-corrected chi connectivity index (χ3v) is 2.37. The van der Waals surface area contributed by atoms with Gasteiger partial charge >= 0.3 is 0 Å². The van der Waals surface area contributed by atoms with Gasteiger partial charge in [-0.2, -0.15) is 0 Å². The number of carbonyl (C=O) groups is 1. The molecular weight excluding hydrogens is 208 g/mol. The highest BCUT2D eigenvalue weighted by Crippen LogP contribution is 2.18. The van der Waals surface area contributed by atoms with E-state index in [0.29, 0.717) is 0 Å². The summed E-state index contributed by atoms with van der Waals surface area (Å²) >= 11 is 0. The van der Waals surface area contributed by atoms with E-state index in [1.54, 1.807) is 0 Å². The average Bonchev–Trinajstić information content (AvgIpc) is 2.38. The normalized spacial score (nSPS) is 9.24. The fourth-order valence-electron chi connectivity index (χ4n) is 1.54. The molecule has 2 aromatic carbocycles. The predicted octanol–water partition coefficient (Wildman–Crippen LogP) is 3.29.